The molecular weight excluding hydrogens is 304 g/mol. The van der Waals surface area contributed by atoms with Crippen molar-refractivity contribution in [2.75, 3.05) is 0 Å². The van der Waals surface area contributed by atoms with E-state index >= 15 is 0 Å². The molecule has 1 unspecified atom stereocenters. The summed E-state index contributed by atoms with van der Waals surface area (Å²) in [6.07, 6.45) is 4.66. The highest BCUT2D eigenvalue weighted by Gasteiger charge is 2.46. The molecule has 1 amide bonds. The maximum Gasteiger partial charge on any atom is 0.269 e. The lowest BCUT2D eigenvalue weighted by Crippen LogP contribution is -2.45. The van der Waals surface area contributed by atoms with Gasteiger partial charge in [0.2, 0.25) is 0 Å². The quantitative estimate of drug-likeness (QED) is 0.635. The molecule has 1 aromatic carbocycles. The van der Waals surface area contributed by atoms with Gasteiger partial charge in [-0.1, -0.05) is 36.6 Å². The Morgan fingerprint density at radius 1 is 1.14 bits per heavy atom. The molecule has 0 aromatic heterocycles. The van der Waals surface area contributed by atoms with E-state index in [9.17, 15) is 18.4 Å². The van der Waals surface area contributed by atoms with E-state index in [2.05, 4.69) is 5.16 Å². The highest BCUT2D eigenvalue weighted by molar-refractivity contribution is 7.90. The van der Waals surface area contributed by atoms with Crippen LogP contribution in [0.4, 0.5) is 0 Å². The Bertz CT molecular complexity index is 727. The minimum atomic E-state index is -3.87. The third-order valence-electron chi connectivity index (χ3n) is 4.31. The fourth-order valence-electron chi connectivity index (χ4n) is 3.21. The van der Waals surface area contributed by atoms with Crippen LogP contribution in [0, 0.1) is 0 Å². The Morgan fingerprint density at radius 2 is 1.86 bits per heavy atom. The molecular formula is C15H18N2O4S. The van der Waals surface area contributed by atoms with Crippen molar-refractivity contribution in [1.29, 1.82) is 0 Å². The highest BCUT2D eigenvalue weighted by atomic mass is 32.2. The lowest BCUT2D eigenvalue weighted by atomic mass is 9.94. The van der Waals surface area contributed by atoms with Gasteiger partial charge in [-0.2, -0.15) is 0 Å². The zero-order valence-corrected chi connectivity index (χ0v) is 12.9. The largest absolute Gasteiger partial charge is 0.411 e. The van der Waals surface area contributed by atoms with Crippen molar-refractivity contribution < 1.29 is 18.4 Å². The number of rotatable bonds is 1. The number of nitrogens with zero attached hydrogens (tertiary/aromatic N) is 2. The maximum absolute atomic E-state index is 12.7. The van der Waals surface area contributed by atoms with E-state index in [0.29, 0.717) is 18.6 Å². The molecule has 2 aliphatic rings. The summed E-state index contributed by atoms with van der Waals surface area (Å²) in [5.41, 5.74) is 0.575. The van der Waals surface area contributed by atoms with Crippen molar-refractivity contribution >= 4 is 21.6 Å². The SMILES string of the molecule is O=C1c2ccccc2S(=O)(=O)N1C1CCCCCCC1=NO. The number of hydrogen-bond acceptors (Lipinski definition) is 5. The van der Waals surface area contributed by atoms with Crippen LogP contribution in [0.5, 0.6) is 0 Å². The van der Waals surface area contributed by atoms with Gasteiger partial charge in [0, 0.05) is 0 Å². The van der Waals surface area contributed by atoms with E-state index in [1.807, 2.05) is 0 Å². The lowest BCUT2D eigenvalue weighted by molar-refractivity contribution is 0.0849. The summed E-state index contributed by atoms with van der Waals surface area (Å²) < 4.78 is 26.4. The summed E-state index contributed by atoms with van der Waals surface area (Å²) in [5.74, 6) is -0.526. The molecule has 22 heavy (non-hydrogen) atoms. The van der Waals surface area contributed by atoms with E-state index in [1.54, 1.807) is 12.1 Å². The molecule has 6 nitrogen and oxygen atoms in total. The van der Waals surface area contributed by atoms with Crippen molar-refractivity contribution in [1.82, 2.24) is 4.31 Å². The first-order valence-electron chi connectivity index (χ1n) is 7.46. The van der Waals surface area contributed by atoms with Crippen molar-refractivity contribution in [2.45, 2.75) is 49.5 Å². The molecule has 118 valence electrons. The van der Waals surface area contributed by atoms with Gasteiger partial charge in [-0.05, 0) is 31.4 Å². The Balaban J connectivity index is 2.05. The number of sulfonamides is 1. The molecule has 1 heterocycles. The van der Waals surface area contributed by atoms with Crippen LogP contribution >= 0.6 is 0 Å². The Hall–Kier alpha value is -1.89. The molecule has 1 saturated carbocycles. The molecule has 0 bridgehead atoms. The molecule has 1 atom stereocenters. The summed E-state index contributed by atoms with van der Waals surface area (Å²) in [7, 11) is -3.87. The average Bonchev–Trinajstić information content (AvgIpc) is 2.68. The number of fused-ring (bicyclic) bond motifs is 1. The fourth-order valence-corrected chi connectivity index (χ4v) is 4.99. The Kier molecular flexibility index (Phi) is 3.90. The molecule has 1 aliphatic carbocycles. The van der Waals surface area contributed by atoms with E-state index < -0.39 is 22.0 Å². The molecule has 1 aromatic rings. The van der Waals surface area contributed by atoms with Crippen LogP contribution in [0.1, 0.15) is 48.9 Å². The smallest absolute Gasteiger partial charge is 0.269 e. The predicted molar refractivity (Wildman–Crippen MR) is 80.5 cm³/mol. The number of benzene rings is 1. The second kappa shape index (κ2) is 5.72. The van der Waals surface area contributed by atoms with E-state index in [0.717, 1.165) is 30.0 Å². The van der Waals surface area contributed by atoms with Crippen LogP contribution in [0.3, 0.4) is 0 Å². The summed E-state index contributed by atoms with van der Waals surface area (Å²) in [4.78, 5) is 12.6. The zero-order valence-electron chi connectivity index (χ0n) is 12.1. The number of carbonyl (C=O) groups is 1. The van der Waals surface area contributed by atoms with Crippen LogP contribution in [-0.2, 0) is 10.0 Å². The van der Waals surface area contributed by atoms with Gasteiger partial charge < -0.3 is 5.21 Å². The minimum Gasteiger partial charge on any atom is -0.411 e. The number of amides is 1. The van der Waals surface area contributed by atoms with Crippen molar-refractivity contribution in [3.8, 4) is 0 Å². The molecule has 1 N–H and O–H groups in total. The maximum atomic E-state index is 12.7. The molecule has 0 saturated heterocycles. The normalized spacial score (nSPS) is 26.5. The summed E-state index contributed by atoms with van der Waals surface area (Å²) in [6.45, 7) is 0. The molecule has 1 fully saturated rings. The third-order valence-corrected chi connectivity index (χ3v) is 6.16. The van der Waals surface area contributed by atoms with Crippen LogP contribution in [0.2, 0.25) is 0 Å². The molecule has 3 rings (SSSR count). The first kappa shape index (κ1) is 15.0. The standard InChI is InChI=1S/C15H18N2O4S/c18-15-11-7-5-6-10-14(11)22(20,21)17(15)13-9-4-2-1-3-8-12(13)16-19/h5-7,10,13,19H,1-4,8-9H2. The Morgan fingerprint density at radius 3 is 2.59 bits per heavy atom. The van der Waals surface area contributed by atoms with Crippen LogP contribution in [0.25, 0.3) is 0 Å². The molecule has 0 radical (unpaired) electrons. The van der Waals surface area contributed by atoms with Gasteiger partial charge in [0.05, 0.1) is 17.3 Å². The first-order chi connectivity index (χ1) is 10.6. The lowest BCUT2D eigenvalue weighted by Gasteiger charge is -2.28. The van der Waals surface area contributed by atoms with Gasteiger partial charge in [0.25, 0.3) is 15.9 Å². The van der Waals surface area contributed by atoms with E-state index in [4.69, 9.17) is 0 Å². The molecule has 0 spiro atoms. The first-order valence-corrected chi connectivity index (χ1v) is 8.90. The van der Waals surface area contributed by atoms with Crippen molar-refractivity contribution in [2.24, 2.45) is 5.16 Å². The number of carbonyl (C=O) groups excluding carboxylic acids is 1. The summed E-state index contributed by atoms with van der Waals surface area (Å²) in [5, 5.41) is 12.6. The fraction of sp³-hybridized carbons (Fsp3) is 0.467. The second-order valence-corrected chi connectivity index (χ2v) is 7.45. The zero-order chi connectivity index (χ0) is 15.7. The van der Waals surface area contributed by atoms with Gasteiger partial charge in [-0.15, -0.1) is 0 Å². The predicted octanol–water partition coefficient (Wildman–Crippen LogP) is 2.38. The number of oxime groups is 1. The van der Waals surface area contributed by atoms with Crippen LogP contribution < -0.4 is 0 Å². The van der Waals surface area contributed by atoms with Crippen molar-refractivity contribution in [3.63, 3.8) is 0 Å². The molecule has 7 heteroatoms. The highest BCUT2D eigenvalue weighted by Crippen LogP contribution is 2.34. The van der Waals surface area contributed by atoms with Gasteiger partial charge in [-0.3, -0.25) is 4.79 Å². The van der Waals surface area contributed by atoms with Crippen molar-refractivity contribution in [3.05, 3.63) is 29.8 Å². The topological polar surface area (TPSA) is 87.0 Å². The average molecular weight is 322 g/mol. The van der Waals surface area contributed by atoms with Crippen LogP contribution in [0.15, 0.2) is 34.3 Å². The van der Waals surface area contributed by atoms with E-state index in [1.165, 1.54) is 12.1 Å². The van der Waals surface area contributed by atoms with Crippen LogP contribution in [-0.4, -0.2) is 35.6 Å². The van der Waals surface area contributed by atoms with Gasteiger partial charge in [0.15, 0.2) is 0 Å². The van der Waals surface area contributed by atoms with E-state index in [-0.39, 0.29) is 10.5 Å². The van der Waals surface area contributed by atoms with Gasteiger partial charge in [-0.25, -0.2) is 12.7 Å². The summed E-state index contributed by atoms with van der Waals surface area (Å²) in [6, 6.07) is 5.53. The number of hydrogen-bond donors (Lipinski definition) is 1. The van der Waals surface area contributed by atoms with Gasteiger partial charge in [0.1, 0.15) is 4.90 Å². The van der Waals surface area contributed by atoms with Gasteiger partial charge >= 0.3 is 0 Å². The third kappa shape index (κ3) is 2.29. The second-order valence-electron chi connectivity index (χ2n) is 5.66. The Labute approximate surface area is 129 Å². The minimum absolute atomic E-state index is 0.0411. The molecule has 1 aliphatic heterocycles. The summed E-state index contributed by atoms with van der Waals surface area (Å²) >= 11 is 0. The monoisotopic (exact) mass is 322 g/mol.